The van der Waals surface area contributed by atoms with Crippen molar-refractivity contribution in [2.45, 2.75) is 37.9 Å². The summed E-state index contributed by atoms with van der Waals surface area (Å²) in [6.45, 7) is 1.61. The van der Waals surface area contributed by atoms with E-state index in [1.807, 2.05) is 0 Å². The van der Waals surface area contributed by atoms with Crippen molar-refractivity contribution in [2.75, 3.05) is 18.0 Å². The lowest BCUT2D eigenvalue weighted by Gasteiger charge is -2.36. The minimum absolute atomic E-state index is 0.0416. The van der Waals surface area contributed by atoms with Crippen LogP contribution in [0.5, 0.6) is 0 Å². The van der Waals surface area contributed by atoms with Gasteiger partial charge in [-0.25, -0.2) is 4.79 Å². The molecule has 0 spiro atoms. The van der Waals surface area contributed by atoms with Crippen molar-refractivity contribution < 1.29 is 14.6 Å². The van der Waals surface area contributed by atoms with Crippen molar-refractivity contribution in [1.82, 2.24) is 0 Å². The van der Waals surface area contributed by atoms with E-state index in [4.69, 9.17) is 21.4 Å². The summed E-state index contributed by atoms with van der Waals surface area (Å²) in [5.41, 5.74) is 1.41. The summed E-state index contributed by atoms with van der Waals surface area (Å²) in [5.74, 6) is -0.483. The normalized spacial score (nSPS) is 25.3. The first-order chi connectivity index (χ1) is 11.1. The zero-order valence-electron chi connectivity index (χ0n) is 12.7. The molecule has 2 aliphatic heterocycles. The fourth-order valence-corrected chi connectivity index (χ4v) is 3.91. The van der Waals surface area contributed by atoms with Gasteiger partial charge in [0.25, 0.3) is 0 Å². The molecule has 1 aromatic carbocycles. The first kappa shape index (κ1) is 16.1. The van der Waals surface area contributed by atoms with Crippen LogP contribution in [0, 0.1) is 17.2 Å². The van der Waals surface area contributed by atoms with E-state index in [1.54, 1.807) is 18.2 Å². The van der Waals surface area contributed by atoms with Gasteiger partial charge in [-0.3, -0.25) is 0 Å². The minimum Gasteiger partial charge on any atom is -0.479 e. The molecular weight excluding hydrogens is 316 g/mol. The number of piperidine rings is 1. The number of hydrogen-bond acceptors (Lipinski definition) is 4. The monoisotopic (exact) mass is 334 g/mol. The van der Waals surface area contributed by atoms with Gasteiger partial charge in [0, 0.05) is 13.1 Å². The molecule has 122 valence electrons. The number of hydrogen-bond donors (Lipinski definition) is 1. The molecule has 2 saturated heterocycles. The van der Waals surface area contributed by atoms with Crippen LogP contribution >= 0.6 is 11.6 Å². The SMILES string of the molecule is N#Cc1cccc(Cl)c1N1CCC([C@@H]2CC[C@H](C(=O)O)O2)CC1. The molecule has 0 bridgehead atoms. The number of carboxylic acid groups (broad SMARTS) is 1. The number of carbonyl (C=O) groups is 1. The third-order valence-corrected chi connectivity index (χ3v) is 5.12. The van der Waals surface area contributed by atoms with Crippen LogP contribution < -0.4 is 4.90 Å². The van der Waals surface area contributed by atoms with Gasteiger partial charge in [-0.1, -0.05) is 17.7 Å². The molecule has 3 rings (SSSR count). The van der Waals surface area contributed by atoms with Crippen molar-refractivity contribution in [2.24, 2.45) is 5.92 Å². The van der Waals surface area contributed by atoms with Gasteiger partial charge in [0.15, 0.2) is 6.10 Å². The molecule has 2 aliphatic rings. The van der Waals surface area contributed by atoms with Gasteiger partial charge >= 0.3 is 5.97 Å². The fraction of sp³-hybridized carbons (Fsp3) is 0.529. The smallest absolute Gasteiger partial charge is 0.332 e. The highest BCUT2D eigenvalue weighted by Crippen LogP contribution is 2.36. The molecule has 2 fully saturated rings. The number of nitriles is 1. The second kappa shape index (κ2) is 6.77. The quantitative estimate of drug-likeness (QED) is 0.919. The van der Waals surface area contributed by atoms with Gasteiger partial charge in [-0.2, -0.15) is 5.26 Å². The van der Waals surface area contributed by atoms with Gasteiger partial charge in [0.2, 0.25) is 0 Å². The van der Waals surface area contributed by atoms with Crippen LogP contribution in [0.15, 0.2) is 18.2 Å². The number of anilines is 1. The maximum absolute atomic E-state index is 11.0. The Balaban J connectivity index is 1.64. The lowest BCUT2D eigenvalue weighted by atomic mass is 9.89. The van der Waals surface area contributed by atoms with E-state index in [1.165, 1.54) is 0 Å². The molecule has 2 heterocycles. The number of carboxylic acids is 1. The van der Waals surface area contributed by atoms with Gasteiger partial charge in [-0.15, -0.1) is 0 Å². The summed E-state index contributed by atoms with van der Waals surface area (Å²) in [6.07, 6.45) is 2.66. The van der Waals surface area contributed by atoms with E-state index in [2.05, 4.69) is 11.0 Å². The van der Waals surface area contributed by atoms with E-state index < -0.39 is 12.1 Å². The maximum Gasteiger partial charge on any atom is 0.332 e. The van der Waals surface area contributed by atoms with Crippen LogP contribution in [0.1, 0.15) is 31.2 Å². The Bertz CT molecular complexity index is 635. The fourth-order valence-electron chi connectivity index (χ4n) is 3.61. The Morgan fingerprint density at radius 2 is 2.04 bits per heavy atom. The first-order valence-electron chi connectivity index (χ1n) is 7.92. The van der Waals surface area contributed by atoms with Crippen LogP contribution in [0.4, 0.5) is 5.69 Å². The molecule has 23 heavy (non-hydrogen) atoms. The lowest BCUT2D eigenvalue weighted by Crippen LogP contribution is -2.38. The second-order valence-electron chi connectivity index (χ2n) is 6.15. The molecule has 0 amide bonds. The first-order valence-corrected chi connectivity index (χ1v) is 8.29. The van der Waals surface area contributed by atoms with Crippen LogP contribution in [-0.4, -0.2) is 36.4 Å². The molecule has 0 saturated carbocycles. The van der Waals surface area contributed by atoms with Crippen LogP contribution in [0.25, 0.3) is 0 Å². The largest absolute Gasteiger partial charge is 0.479 e. The molecule has 6 heteroatoms. The van der Waals surface area contributed by atoms with E-state index in [0.717, 1.165) is 38.0 Å². The number of halogens is 1. The third kappa shape index (κ3) is 3.29. The summed E-state index contributed by atoms with van der Waals surface area (Å²) in [5, 5.41) is 18.9. The zero-order chi connectivity index (χ0) is 16.4. The molecule has 0 radical (unpaired) electrons. The van der Waals surface area contributed by atoms with E-state index in [-0.39, 0.29) is 6.10 Å². The highest BCUT2D eigenvalue weighted by Gasteiger charge is 2.36. The van der Waals surface area contributed by atoms with Crippen LogP contribution in [-0.2, 0) is 9.53 Å². The summed E-state index contributed by atoms with van der Waals surface area (Å²) in [7, 11) is 0. The van der Waals surface area contributed by atoms with Crippen molar-refractivity contribution in [3.8, 4) is 6.07 Å². The van der Waals surface area contributed by atoms with Gasteiger partial charge in [0.1, 0.15) is 6.07 Å². The Kier molecular flexibility index (Phi) is 4.74. The molecule has 0 unspecified atom stereocenters. The number of para-hydroxylation sites is 1. The number of ether oxygens (including phenoxy) is 1. The Hall–Kier alpha value is -1.77. The predicted molar refractivity (Wildman–Crippen MR) is 86.6 cm³/mol. The number of rotatable bonds is 3. The molecule has 1 aromatic rings. The number of nitrogens with zero attached hydrogens (tertiary/aromatic N) is 2. The summed E-state index contributed by atoms with van der Waals surface area (Å²) in [4.78, 5) is 13.2. The van der Waals surface area contributed by atoms with Crippen LogP contribution in [0.3, 0.4) is 0 Å². The molecule has 5 nitrogen and oxygen atoms in total. The summed E-state index contributed by atoms with van der Waals surface area (Å²) < 4.78 is 5.68. The van der Waals surface area contributed by atoms with Gasteiger partial charge in [0.05, 0.1) is 22.4 Å². The predicted octanol–water partition coefficient (Wildman–Crippen LogP) is 3.06. The topological polar surface area (TPSA) is 73.6 Å². The van der Waals surface area contributed by atoms with Gasteiger partial charge < -0.3 is 14.7 Å². The standard InChI is InChI=1S/C17H19ClN2O3/c18-13-3-1-2-12(10-19)16(13)20-8-6-11(7-9-20)14-4-5-15(23-14)17(21)22/h1-3,11,14-15H,4-9H2,(H,21,22)/t14-,15+/m0/s1. The molecule has 0 aliphatic carbocycles. The average molecular weight is 335 g/mol. The Morgan fingerprint density at radius 3 is 2.65 bits per heavy atom. The van der Waals surface area contributed by atoms with Crippen molar-refractivity contribution >= 4 is 23.3 Å². The number of aliphatic carboxylic acids is 1. The molecule has 1 N–H and O–H groups in total. The summed E-state index contributed by atoms with van der Waals surface area (Å²) >= 11 is 6.28. The second-order valence-corrected chi connectivity index (χ2v) is 6.56. The Morgan fingerprint density at radius 1 is 1.30 bits per heavy atom. The van der Waals surface area contributed by atoms with E-state index in [0.29, 0.717) is 22.9 Å². The van der Waals surface area contributed by atoms with Crippen LogP contribution in [0.2, 0.25) is 5.02 Å². The lowest BCUT2D eigenvalue weighted by molar-refractivity contribution is -0.150. The highest BCUT2D eigenvalue weighted by molar-refractivity contribution is 6.33. The van der Waals surface area contributed by atoms with Crippen molar-refractivity contribution in [1.29, 1.82) is 5.26 Å². The zero-order valence-corrected chi connectivity index (χ0v) is 13.5. The van der Waals surface area contributed by atoms with E-state index >= 15 is 0 Å². The highest BCUT2D eigenvalue weighted by atomic mass is 35.5. The molecule has 0 aromatic heterocycles. The van der Waals surface area contributed by atoms with E-state index in [9.17, 15) is 10.1 Å². The van der Waals surface area contributed by atoms with Gasteiger partial charge in [-0.05, 0) is 43.7 Å². The maximum atomic E-state index is 11.0. The van der Waals surface area contributed by atoms with Crippen molar-refractivity contribution in [3.05, 3.63) is 28.8 Å². The summed E-state index contributed by atoms with van der Waals surface area (Å²) in [6, 6.07) is 7.58. The Labute approximate surface area is 140 Å². The number of benzene rings is 1. The third-order valence-electron chi connectivity index (χ3n) is 4.82. The molecular formula is C17H19ClN2O3. The molecule has 2 atom stereocenters. The van der Waals surface area contributed by atoms with Crippen molar-refractivity contribution in [3.63, 3.8) is 0 Å². The average Bonchev–Trinajstić information content (AvgIpc) is 3.05. The minimum atomic E-state index is -0.861.